The van der Waals surface area contributed by atoms with Crippen molar-refractivity contribution >= 4 is 11.0 Å². The highest BCUT2D eigenvalue weighted by atomic mass is 16.5. The summed E-state index contributed by atoms with van der Waals surface area (Å²) < 4.78 is 11.2. The molecule has 0 amide bonds. The summed E-state index contributed by atoms with van der Waals surface area (Å²) in [6.07, 6.45) is 7.90. The molecule has 0 saturated heterocycles. The highest BCUT2D eigenvalue weighted by Crippen LogP contribution is 2.26. The number of allylic oxidation sites excluding steroid dienone is 4. The number of rotatable bonds is 3. The lowest BCUT2D eigenvalue weighted by atomic mass is 10.1. The molecular weight excluding hydrogens is 240 g/mol. The molecule has 19 heavy (non-hydrogen) atoms. The Morgan fingerprint density at radius 2 is 2.00 bits per heavy atom. The molecule has 1 aromatic carbocycles. The van der Waals surface area contributed by atoms with Crippen molar-refractivity contribution in [1.29, 1.82) is 0 Å². The fourth-order valence-corrected chi connectivity index (χ4v) is 2.20. The molecule has 0 spiro atoms. The Morgan fingerprint density at radius 3 is 2.74 bits per heavy atom. The van der Waals surface area contributed by atoms with E-state index in [-0.39, 0.29) is 11.3 Å². The second kappa shape index (κ2) is 4.76. The standard InChI is InChI=1S/C16H14O3/c1-2-18-12-7-8-15-13(9-12)14(17)10-16(19-15)11-5-3-4-6-11/h3-11H,2H2,1H3. The lowest BCUT2D eigenvalue weighted by molar-refractivity contribution is 0.340. The summed E-state index contributed by atoms with van der Waals surface area (Å²) in [5, 5.41) is 0.556. The van der Waals surface area contributed by atoms with Gasteiger partial charge in [0.05, 0.1) is 17.9 Å². The minimum absolute atomic E-state index is 0.0356. The van der Waals surface area contributed by atoms with Gasteiger partial charge in [-0.1, -0.05) is 24.3 Å². The van der Waals surface area contributed by atoms with Crippen LogP contribution in [-0.4, -0.2) is 6.61 Å². The van der Waals surface area contributed by atoms with Gasteiger partial charge in [0.15, 0.2) is 5.43 Å². The third kappa shape index (κ3) is 2.19. The highest BCUT2D eigenvalue weighted by Gasteiger charge is 2.13. The quantitative estimate of drug-likeness (QED) is 0.842. The maximum Gasteiger partial charge on any atom is 0.193 e. The van der Waals surface area contributed by atoms with Crippen molar-refractivity contribution in [1.82, 2.24) is 0 Å². The van der Waals surface area contributed by atoms with E-state index in [0.29, 0.717) is 29.1 Å². The van der Waals surface area contributed by atoms with E-state index in [1.54, 1.807) is 18.2 Å². The minimum atomic E-state index is -0.0356. The van der Waals surface area contributed by atoms with Gasteiger partial charge >= 0.3 is 0 Å². The summed E-state index contributed by atoms with van der Waals surface area (Å²) >= 11 is 0. The van der Waals surface area contributed by atoms with Crippen LogP contribution in [0.4, 0.5) is 0 Å². The molecule has 0 N–H and O–H groups in total. The Labute approximate surface area is 110 Å². The van der Waals surface area contributed by atoms with Gasteiger partial charge in [-0.05, 0) is 25.1 Å². The van der Waals surface area contributed by atoms with Gasteiger partial charge in [0.1, 0.15) is 17.1 Å². The van der Waals surface area contributed by atoms with Crippen molar-refractivity contribution in [3.8, 4) is 5.75 Å². The van der Waals surface area contributed by atoms with E-state index in [1.807, 2.05) is 37.3 Å². The maximum absolute atomic E-state index is 12.1. The first-order valence-electron chi connectivity index (χ1n) is 6.33. The molecule has 1 aromatic heterocycles. The van der Waals surface area contributed by atoms with E-state index in [2.05, 4.69) is 0 Å². The number of fused-ring (bicyclic) bond motifs is 1. The molecule has 1 heterocycles. The zero-order chi connectivity index (χ0) is 13.2. The van der Waals surface area contributed by atoms with Gasteiger partial charge in [0, 0.05) is 6.07 Å². The molecule has 1 aliphatic rings. The Morgan fingerprint density at radius 1 is 1.21 bits per heavy atom. The third-order valence-electron chi connectivity index (χ3n) is 3.11. The van der Waals surface area contributed by atoms with Gasteiger partial charge < -0.3 is 9.15 Å². The van der Waals surface area contributed by atoms with Gasteiger partial charge in [0.25, 0.3) is 0 Å². The van der Waals surface area contributed by atoms with Crippen LogP contribution in [0.1, 0.15) is 18.6 Å². The van der Waals surface area contributed by atoms with Gasteiger partial charge in [-0.2, -0.15) is 0 Å². The van der Waals surface area contributed by atoms with E-state index in [1.165, 1.54) is 0 Å². The van der Waals surface area contributed by atoms with E-state index in [4.69, 9.17) is 9.15 Å². The van der Waals surface area contributed by atoms with Crippen molar-refractivity contribution < 1.29 is 9.15 Å². The lowest BCUT2D eigenvalue weighted by Crippen LogP contribution is -2.04. The number of ether oxygens (including phenoxy) is 1. The number of hydrogen-bond acceptors (Lipinski definition) is 3. The van der Waals surface area contributed by atoms with E-state index >= 15 is 0 Å². The topological polar surface area (TPSA) is 39.4 Å². The Hall–Kier alpha value is -2.29. The summed E-state index contributed by atoms with van der Waals surface area (Å²) in [5.74, 6) is 1.42. The molecule has 96 valence electrons. The molecule has 0 unspecified atom stereocenters. The Bertz CT molecular complexity index is 710. The van der Waals surface area contributed by atoms with E-state index in [9.17, 15) is 4.79 Å². The van der Waals surface area contributed by atoms with Crippen molar-refractivity contribution in [2.75, 3.05) is 6.61 Å². The average molecular weight is 254 g/mol. The van der Waals surface area contributed by atoms with Crippen molar-refractivity contribution in [3.05, 3.63) is 64.6 Å². The van der Waals surface area contributed by atoms with E-state index < -0.39 is 0 Å². The van der Waals surface area contributed by atoms with Crippen molar-refractivity contribution in [2.24, 2.45) is 0 Å². The Balaban J connectivity index is 2.11. The first-order chi connectivity index (χ1) is 9.28. The SMILES string of the molecule is CCOc1ccc2oc(C3C=CC=C3)cc(=O)c2c1. The smallest absolute Gasteiger partial charge is 0.193 e. The molecule has 3 heteroatoms. The third-order valence-corrected chi connectivity index (χ3v) is 3.11. The predicted octanol–water partition coefficient (Wildman–Crippen LogP) is 3.40. The Kier molecular flexibility index (Phi) is 2.95. The highest BCUT2D eigenvalue weighted by molar-refractivity contribution is 5.78. The maximum atomic E-state index is 12.1. The van der Waals surface area contributed by atoms with Gasteiger partial charge in [-0.3, -0.25) is 4.79 Å². The first-order valence-corrected chi connectivity index (χ1v) is 6.33. The average Bonchev–Trinajstić information content (AvgIpc) is 2.93. The minimum Gasteiger partial charge on any atom is -0.494 e. The fourth-order valence-electron chi connectivity index (χ4n) is 2.20. The second-order valence-electron chi connectivity index (χ2n) is 4.40. The normalized spacial score (nSPS) is 14.4. The molecule has 0 bridgehead atoms. The van der Waals surface area contributed by atoms with Crippen LogP contribution < -0.4 is 10.2 Å². The van der Waals surface area contributed by atoms with Crippen LogP contribution in [0, 0.1) is 0 Å². The predicted molar refractivity (Wildman–Crippen MR) is 74.7 cm³/mol. The molecule has 0 atom stereocenters. The monoisotopic (exact) mass is 254 g/mol. The summed E-state index contributed by atoms with van der Waals surface area (Å²) in [4.78, 5) is 12.1. The number of hydrogen-bond donors (Lipinski definition) is 0. The van der Waals surface area contributed by atoms with Crippen LogP contribution in [-0.2, 0) is 0 Å². The number of benzene rings is 1. The zero-order valence-corrected chi connectivity index (χ0v) is 10.6. The van der Waals surface area contributed by atoms with Crippen LogP contribution in [0.2, 0.25) is 0 Å². The molecule has 0 radical (unpaired) electrons. The summed E-state index contributed by atoms with van der Waals surface area (Å²) in [6, 6.07) is 6.89. The van der Waals surface area contributed by atoms with Crippen LogP contribution in [0.3, 0.4) is 0 Å². The largest absolute Gasteiger partial charge is 0.494 e. The van der Waals surface area contributed by atoms with Gasteiger partial charge in [-0.25, -0.2) is 0 Å². The molecule has 1 aliphatic carbocycles. The zero-order valence-electron chi connectivity index (χ0n) is 10.6. The second-order valence-corrected chi connectivity index (χ2v) is 4.40. The van der Waals surface area contributed by atoms with Crippen LogP contribution >= 0.6 is 0 Å². The van der Waals surface area contributed by atoms with Gasteiger partial charge in [0.2, 0.25) is 0 Å². The summed E-state index contributed by atoms with van der Waals surface area (Å²) in [5.41, 5.74) is 0.561. The van der Waals surface area contributed by atoms with Crippen LogP contribution in [0.5, 0.6) is 5.75 Å². The molecule has 0 fully saturated rings. The van der Waals surface area contributed by atoms with Crippen LogP contribution in [0.15, 0.2) is 57.8 Å². The summed E-state index contributed by atoms with van der Waals surface area (Å²) in [7, 11) is 0. The van der Waals surface area contributed by atoms with Gasteiger partial charge in [-0.15, -0.1) is 0 Å². The first kappa shape index (κ1) is 11.8. The fraction of sp³-hybridized carbons (Fsp3) is 0.188. The molecule has 0 aliphatic heterocycles. The summed E-state index contributed by atoms with van der Waals surface area (Å²) in [6.45, 7) is 2.49. The molecule has 0 saturated carbocycles. The van der Waals surface area contributed by atoms with E-state index in [0.717, 1.165) is 0 Å². The molecule has 2 aromatic rings. The molecule has 3 rings (SSSR count). The lowest BCUT2D eigenvalue weighted by Gasteiger charge is -2.07. The van der Waals surface area contributed by atoms with Crippen LogP contribution in [0.25, 0.3) is 11.0 Å². The van der Waals surface area contributed by atoms with Crippen molar-refractivity contribution in [3.63, 3.8) is 0 Å². The molecule has 3 nitrogen and oxygen atoms in total. The molecular formula is C16H14O3. The van der Waals surface area contributed by atoms with Crippen molar-refractivity contribution in [2.45, 2.75) is 12.8 Å².